The van der Waals surface area contributed by atoms with Crippen molar-refractivity contribution >= 4 is 12.0 Å². The first-order chi connectivity index (χ1) is 9.06. The lowest BCUT2D eigenvalue weighted by Crippen LogP contribution is -2.24. The molecular formula is C12H16FN3O3. The molecule has 104 valence electrons. The molecule has 0 fully saturated rings. The van der Waals surface area contributed by atoms with Crippen molar-refractivity contribution in [1.29, 1.82) is 0 Å². The van der Waals surface area contributed by atoms with Crippen LogP contribution < -0.4 is 10.6 Å². The third-order valence-electron chi connectivity index (χ3n) is 2.36. The average molecular weight is 269 g/mol. The molecule has 0 aliphatic heterocycles. The second kappa shape index (κ2) is 7.20. The first-order valence-corrected chi connectivity index (χ1v) is 5.75. The number of carbonyl (C=O) groups is 2. The number of rotatable bonds is 6. The average Bonchev–Trinajstić information content (AvgIpc) is 2.83. The number of amides is 2. The van der Waals surface area contributed by atoms with E-state index in [-0.39, 0.29) is 24.6 Å². The van der Waals surface area contributed by atoms with Crippen molar-refractivity contribution in [2.24, 2.45) is 0 Å². The molecule has 19 heavy (non-hydrogen) atoms. The predicted molar refractivity (Wildman–Crippen MR) is 67.7 cm³/mol. The molecule has 0 atom stereocenters. The molecule has 2 amide bonds. The minimum atomic E-state index is -1.21. The molecular weight excluding hydrogens is 253 g/mol. The minimum absolute atomic E-state index is 0.0967. The topological polar surface area (TPSA) is 83.4 Å². The third kappa shape index (κ3) is 4.82. The van der Waals surface area contributed by atoms with E-state index in [1.54, 1.807) is 23.0 Å². The highest BCUT2D eigenvalue weighted by molar-refractivity contribution is 5.93. The van der Waals surface area contributed by atoms with Gasteiger partial charge in [-0.05, 0) is 18.6 Å². The number of carbonyl (C=O) groups excluding carboxylic acids is 1. The molecule has 0 saturated carbocycles. The van der Waals surface area contributed by atoms with Crippen molar-refractivity contribution in [1.82, 2.24) is 15.2 Å². The number of carboxylic acid groups (broad SMARTS) is 1. The highest BCUT2D eigenvalue weighted by atomic mass is 19.1. The molecule has 0 spiro atoms. The Hall–Kier alpha value is -2.31. The van der Waals surface area contributed by atoms with Crippen molar-refractivity contribution in [3.63, 3.8) is 0 Å². The number of aromatic nitrogens is 1. The molecule has 6 nitrogen and oxygen atoms in total. The molecule has 0 aliphatic carbocycles. The van der Waals surface area contributed by atoms with E-state index in [2.05, 4.69) is 10.6 Å². The summed E-state index contributed by atoms with van der Waals surface area (Å²) in [6.07, 6.45) is 2.36. The summed E-state index contributed by atoms with van der Waals surface area (Å²) in [4.78, 5) is 21.8. The molecule has 7 heteroatoms. The molecule has 0 unspecified atom stereocenters. The lowest BCUT2D eigenvalue weighted by molar-refractivity contribution is 0.0955. The molecule has 0 saturated heterocycles. The lowest BCUT2D eigenvalue weighted by atomic mass is 10.3. The van der Waals surface area contributed by atoms with E-state index in [9.17, 15) is 14.0 Å². The van der Waals surface area contributed by atoms with Gasteiger partial charge in [0, 0.05) is 32.0 Å². The summed E-state index contributed by atoms with van der Waals surface area (Å²) in [7, 11) is 0. The van der Waals surface area contributed by atoms with Crippen LogP contribution in [0.4, 0.5) is 9.18 Å². The second-order valence-electron chi connectivity index (χ2n) is 3.86. The van der Waals surface area contributed by atoms with E-state index in [1.165, 1.54) is 0 Å². The molecule has 0 aliphatic rings. The summed E-state index contributed by atoms with van der Waals surface area (Å²) < 4.78 is 14.2. The molecule has 1 aromatic heterocycles. The highest BCUT2D eigenvalue weighted by Crippen LogP contribution is 2.05. The summed E-state index contributed by atoms with van der Waals surface area (Å²) in [6.45, 7) is 2.43. The third-order valence-corrected chi connectivity index (χ3v) is 2.36. The van der Waals surface area contributed by atoms with Crippen LogP contribution in [0, 0.1) is 0 Å². The van der Waals surface area contributed by atoms with Gasteiger partial charge in [-0.1, -0.05) is 0 Å². The smallest absolute Gasteiger partial charge is 0.404 e. The van der Waals surface area contributed by atoms with Crippen LogP contribution in [0.5, 0.6) is 0 Å². The van der Waals surface area contributed by atoms with Gasteiger partial charge in [-0.3, -0.25) is 4.79 Å². The van der Waals surface area contributed by atoms with Gasteiger partial charge in [0.15, 0.2) is 0 Å². The van der Waals surface area contributed by atoms with E-state index in [0.29, 0.717) is 18.4 Å². The molecule has 3 N–H and O–H groups in total. The number of halogens is 1. The van der Waals surface area contributed by atoms with Crippen LogP contribution >= 0.6 is 0 Å². The largest absolute Gasteiger partial charge is 0.465 e. The molecule has 0 bridgehead atoms. The van der Waals surface area contributed by atoms with Crippen LogP contribution in [0.1, 0.15) is 17.3 Å². The standard InChI is InChI=1S/C12H16FN3O3/c1-2-14-11(17)10-3-4-16(8-10)7-9(5-13)6-15-12(18)19/h3-5,8,15H,2,6-7H2,1H3,(H,14,17)(H,18,19). The second-order valence-corrected chi connectivity index (χ2v) is 3.86. The van der Waals surface area contributed by atoms with E-state index >= 15 is 0 Å². The zero-order chi connectivity index (χ0) is 14.3. The van der Waals surface area contributed by atoms with Gasteiger partial charge in [-0.2, -0.15) is 0 Å². The van der Waals surface area contributed by atoms with E-state index in [4.69, 9.17) is 5.11 Å². The zero-order valence-electron chi connectivity index (χ0n) is 10.5. The SMILES string of the molecule is CCNC(=O)c1ccn(CC(=CF)CNC(=O)O)c1. The summed E-state index contributed by atoms with van der Waals surface area (Å²) in [5.41, 5.74) is 0.742. The Morgan fingerprint density at radius 2 is 2.21 bits per heavy atom. The van der Waals surface area contributed by atoms with Gasteiger partial charge in [0.1, 0.15) is 0 Å². The summed E-state index contributed by atoms with van der Waals surface area (Å²) >= 11 is 0. The maximum atomic E-state index is 12.6. The van der Waals surface area contributed by atoms with Gasteiger partial charge in [-0.25, -0.2) is 9.18 Å². The lowest BCUT2D eigenvalue weighted by Gasteiger charge is -2.07. The van der Waals surface area contributed by atoms with Crippen molar-refractivity contribution in [3.05, 3.63) is 35.9 Å². The molecule has 0 radical (unpaired) electrons. The van der Waals surface area contributed by atoms with E-state index < -0.39 is 6.09 Å². The Bertz CT molecular complexity index is 482. The van der Waals surface area contributed by atoms with Crippen LogP contribution in [0.25, 0.3) is 0 Å². The summed E-state index contributed by atoms with van der Waals surface area (Å²) in [5, 5.41) is 13.2. The van der Waals surface area contributed by atoms with Gasteiger partial charge in [-0.15, -0.1) is 0 Å². The fraction of sp³-hybridized carbons (Fsp3) is 0.333. The van der Waals surface area contributed by atoms with E-state index in [0.717, 1.165) is 0 Å². The quantitative estimate of drug-likeness (QED) is 0.729. The maximum Gasteiger partial charge on any atom is 0.404 e. The first-order valence-electron chi connectivity index (χ1n) is 5.75. The van der Waals surface area contributed by atoms with Crippen molar-refractivity contribution in [3.8, 4) is 0 Å². The number of hydrogen-bond donors (Lipinski definition) is 3. The predicted octanol–water partition coefficient (Wildman–Crippen LogP) is 1.36. The van der Waals surface area contributed by atoms with Crippen molar-refractivity contribution in [2.45, 2.75) is 13.5 Å². The van der Waals surface area contributed by atoms with Crippen LogP contribution in [-0.4, -0.2) is 34.8 Å². The van der Waals surface area contributed by atoms with Gasteiger partial charge < -0.3 is 20.3 Å². The Kier molecular flexibility index (Phi) is 5.59. The Morgan fingerprint density at radius 1 is 1.47 bits per heavy atom. The molecule has 1 aromatic rings. The van der Waals surface area contributed by atoms with E-state index in [1.807, 2.05) is 6.92 Å². The molecule has 0 aromatic carbocycles. The zero-order valence-corrected chi connectivity index (χ0v) is 10.5. The number of nitrogens with zero attached hydrogens (tertiary/aromatic N) is 1. The minimum Gasteiger partial charge on any atom is -0.465 e. The van der Waals surface area contributed by atoms with Crippen molar-refractivity contribution < 1.29 is 19.1 Å². The normalized spacial score (nSPS) is 11.2. The monoisotopic (exact) mass is 269 g/mol. The van der Waals surface area contributed by atoms with Crippen LogP contribution in [-0.2, 0) is 6.54 Å². The van der Waals surface area contributed by atoms with Crippen LogP contribution in [0.15, 0.2) is 30.4 Å². The van der Waals surface area contributed by atoms with Crippen LogP contribution in [0.2, 0.25) is 0 Å². The van der Waals surface area contributed by atoms with Gasteiger partial charge in [0.25, 0.3) is 5.91 Å². The summed E-state index contributed by atoms with van der Waals surface area (Å²) in [6, 6.07) is 1.62. The highest BCUT2D eigenvalue weighted by Gasteiger charge is 2.07. The Labute approximate surface area is 109 Å². The molecule has 1 heterocycles. The maximum absolute atomic E-state index is 12.6. The number of nitrogens with one attached hydrogen (secondary N) is 2. The Balaban J connectivity index is 2.61. The van der Waals surface area contributed by atoms with Gasteiger partial charge >= 0.3 is 6.09 Å². The fourth-order valence-electron chi connectivity index (χ4n) is 1.49. The molecule has 1 rings (SSSR count). The Morgan fingerprint density at radius 3 is 2.79 bits per heavy atom. The first kappa shape index (κ1) is 14.7. The van der Waals surface area contributed by atoms with Gasteiger partial charge in [0.2, 0.25) is 0 Å². The van der Waals surface area contributed by atoms with Crippen LogP contribution in [0.3, 0.4) is 0 Å². The fourth-order valence-corrected chi connectivity index (χ4v) is 1.49. The van der Waals surface area contributed by atoms with Crippen molar-refractivity contribution in [2.75, 3.05) is 13.1 Å². The number of hydrogen-bond acceptors (Lipinski definition) is 2. The summed E-state index contributed by atoms with van der Waals surface area (Å²) in [5.74, 6) is -0.198. The van der Waals surface area contributed by atoms with Gasteiger partial charge in [0.05, 0.1) is 11.9 Å².